The van der Waals surface area contributed by atoms with Gasteiger partial charge in [0.2, 0.25) is 0 Å². The Bertz CT molecular complexity index is 2330. The molecule has 2 N–H and O–H groups in total. The zero-order valence-electron chi connectivity index (χ0n) is 29.9. The molecular formula is C39H42ClFN6O4S. The first kappa shape index (κ1) is 36.0. The molecular weight excluding hydrogens is 703 g/mol. The Labute approximate surface area is 310 Å². The van der Waals surface area contributed by atoms with Crippen LogP contribution in [-0.2, 0) is 44.1 Å². The quantitative estimate of drug-likeness (QED) is 0.103. The van der Waals surface area contributed by atoms with E-state index in [-0.39, 0.29) is 24.2 Å². The lowest BCUT2D eigenvalue weighted by atomic mass is 9.92. The summed E-state index contributed by atoms with van der Waals surface area (Å²) in [5.74, 6) is -0.0163. The largest absolute Gasteiger partial charge is 0.507 e. The lowest BCUT2D eigenvalue weighted by Crippen LogP contribution is -2.30. The van der Waals surface area contributed by atoms with Crippen molar-refractivity contribution in [3.63, 3.8) is 0 Å². The lowest BCUT2D eigenvalue weighted by molar-refractivity contribution is 0.0589. The average Bonchev–Trinajstić information content (AvgIpc) is 3.74. The van der Waals surface area contributed by atoms with Gasteiger partial charge in [0.05, 0.1) is 40.8 Å². The number of rotatable bonds is 11. The number of carbonyl (C=O) groups excluding carboxylic acids is 1. The molecule has 0 aliphatic carbocycles. The number of nitrogens with zero attached hydrogens (tertiary/aromatic N) is 6. The summed E-state index contributed by atoms with van der Waals surface area (Å²) in [5, 5.41) is 32.8. The van der Waals surface area contributed by atoms with Crippen LogP contribution in [0.2, 0.25) is 5.02 Å². The number of aromatic hydroxyl groups is 1. The van der Waals surface area contributed by atoms with Crippen molar-refractivity contribution < 1.29 is 24.1 Å². The molecule has 0 saturated carbocycles. The number of carbonyl (C=O) groups is 1. The van der Waals surface area contributed by atoms with Crippen LogP contribution in [0, 0.1) is 12.7 Å². The zero-order chi connectivity index (χ0) is 36.8. The molecule has 10 nitrogen and oxygen atoms in total. The fraction of sp³-hybridized carbons (Fsp3) is 0.359. The average molecular weight is 745 g/mol. The highest BCUT2D eigenvalue weighted by molar-refractivity contribution is 7.98. The van der Waals surface area contributed by atoms with E-state index in [1.165, 1.54) is 19.2 Å². The van der Waals surface area contributed by atoms with Gasteiger partial charge in [-0.25, -0.2) is 9.18 Å². The molecule has 272 valence electrons. The predicted molar refractivity (Wildman–Crippen MR) is 202 cm³/mol. The van der Waals surface area contributed by atoms with E-state index >= 15 is 0 Å². The monoisotopic (exact) mass is 744 g/mol. The van der Waals surface area contributed by atoms with Crippen molar-refractivity contribution >= 4 is 51.0 Å². The van der Waals surface area contributed by atoms with Crippen LogP contribution in [0.4, 0.5) is 4.39 Å². The van der Waals surface area contributed by atoms with Gasteiger partial charge in [-0.1, -0.05) is 17.7 Å². The molecule has 3 aromatic heterocycles. The number of aromatic nitrogens is 5. The van der Waals surface area contributed by atoms with Crippen LogP contribution in [0.1, 0.15) is 64.1 Å². The van der Waals surface area contributed by atoms with Gasteiger partial charge in [-0.2, -0.15) is 10.2 Å². The van der Waals surface area contributed by atoms with E-state index in [9.17, 15) is 19.4 Å². The molecule has 0 bridgehead atoms. The normalized spacial score (nSPS) is 14.5. The second kappa shape index (κ2) is 14.6. The van der Waals surface area contributed by atoms with Crippen molar-refractivity contribution in [2.45, 2.75) is 62.4 Å². The Morgan fingerprint density at radius 3 is 2.67 bits per heavy atom. The second-order valence-corrected chi connectivity index (χ2v) is 15.0. The van der Waals surface area contributed by atoms with Gasteiger partial charge >= 0.3 is 5.97 Å². The maximum Gasteiger partial charge on any atom is 0.354 e. The van der Waals surface area contributed by atoms with Crippen LogP contribution in [0.15, 0.2) is 53.4 Å². The van der Waals surface area contributed by atoms with E-state index in [4.69, 9.17) is 26.5 Å². The molecule has 52 heavy (non-hydrogen) atoms. The van der Waals surface area contributed by atoms with E-state index in [2.05, 4.69) is 22.7 Å². The third kappa shape index (κ3) is 6.46. The summed E-state index contributed by atoms with van der Waals surface area (Å²) in [4.78, 5) is 16.3. The molecule has 3 aromatic carbocycles. The molecule has 7 rings (SSSR count). The Morgan fingerprint density at radius 1 is 1.12 bits per heavy atom. The van der Waals surface area contributed by atoms with Gasteiger partial charge in [-0.15, -0.1) is 11.8 Å². The summed E-state index contributed by atoms with van der Waals surface area (Å²) >= 11 is 8.66. The first-order valence-electron chi connectivity index (χ1n) is 17.3. The number of hydrogen-bond donors (Lipinski definition) is 2. The second-order valence-electron chi connectivity index (χ2n) is 13.5. The maximum atomic E-state index is 13.9. The van der Waals surface area contributed by atoms with Gasteiger partial charge < -0.3 is 19.5 Å². The van der Waals surface area contributed by atoms with Crippen molar-refractivity contribution in [3.8, 4) is 16.9 Å². The summed E-state index contributed by atoms with van der Waals surface area (Å²) in [5.41, 5.74) is 7.82. The third-order valence-electron chi connectivity index (χ3n) is 10.2. The van der Waals surface area contributed by atoms with Crippen LogP contribution in [0.3, 0.4) is 0 Å². The van der Waals surface area contributed by atoms with Crippen molar-refractivity contribution in [2.75, 3.05) is 20.8 Å². The minimum Gasteiger partial charge on any atom is -0.507 e. The van der Waals surface area contributed by atoms with Gasteiger partial charge in [0.25, 0.3) is 0 Å². The fourth-order valence-corrected chi connectivity index (χ4v) is 9.04. The highest BCUT2D eigenvalue weighted by Gasteiger charge is 2.34. The fourth-order valence-electron chi connectivity index (χ4n) is 7.81. The molecule has 6 aromatic rings. The number of ether oxygens (including phenoxy) is 1. The van der Waals surface area contributed by atoms with Gasteiger partial charge in [-0.05, 0) is 93.1 Å². The maximum absolute atomic E-state index is 13.9. The number of aliphatic hydroxyl groups excluding tert-OH is 1. The number of phenolic OH excluding ortho intramolecular Hbond substituents is 1. The van der Waals surface area contributed by atoms with E-state index < -0.39 is 5.97 Å². The van der Waals surface area contributed by atoms with E-state index in [0.717, 1.165) is 74.7 Å². The van der Waals surface area contributed by atoms with E-state index in [1.807, 2.05) is 48.5 Å². The van der Waals surface area contributed by atoms with Gasteiger partial charge in [0.15, 0.2) is 0 Å². The molecule has 1 atom stereocenters. The first-order chi connectivity index (χ1) is 25.0. The van der Waals surface area contributed by atoms with Gasteiger partial charge in [0, 0.05) is 72.0 Å². The summed E-state index contributed by atoms with van der Waals surface area (Å²) in [6.07, 6.45) is 2.92. The first-order valence-corrected chi connectivity index (χ1v) is 18.7. The summed E-state index contributed by atoms with van der Waals surface area (Å²) in [6.45, 7) is 3.41. The number of aryl methyl sites for hydroxylation is 5. The summed E-state index contributed by atoms with van der Waals surface area (Å²) in [7, 11) is 7.29. The molecule has 0 unspecified atom stereocenters. The van der Waals surface area contributed by atoms with Crippen molar-refractivity contribution in [2.24, 2.45) is 14.1 Å². The number of fused-ring (bicyclic) bond motifs is 3. The van der Waals surface area contributed by atoms with Gasteiger partial charge in [-0.3, -0.25) is 14.3 Å². The summed E-state index contributed by atoms with van der Waals surface area (Å²) < 4.78 is 25.0. The highest BCUT2D eigenvalue weighted by Crippen LogP contribution is 2.46. The number of hydrogen-bond acceptors (Lipinski definition) is 8. The number of aliphatic hydroxyl groups is 1. The lowest BCUT2D eigenvalue weighted by Gasteiger charge is -2.32. The van der Waals surface area contributed by atoms with Crippen LogP contribution in [0.5, 0.6) is 5.75 Å². The number of thioether (sulfide) groups is 1. The van der Waals surface area contributed by atoms with Crippen LogP contribution in [0.25, 0.3) is 32.8 Å². The molecule has 0 amide bonds. The number of esters is 1. The SMILES string of the molecule is COC(=O)c1c(CCCO)c2ccc(Cl)c(-c3c(C)nn4c3[C@H](N(C)Cc3cc(CSc5cc(O)c6ccc(F)cc6c5)n(C)n3)CCC4)c2n1C. The zero-order valence-corrected chi connectivity index (χ0v) is 31.5. The van der Waals surface area contributed by atoms with Crippen molar-refractivity contribution in [3.05, 3.63) is 93.4 Å². The molecule has 1 aliphatic rings. The highest BCUT2D eigenvalue weighted by atomic mass is 35.5. The Hall–Kier alpha value is -4.36. The Morgan fingerprint density at radius 2 is 1.90 bits per heavy atom. The van der Waals surface area contributed by atoms with Crippen molar-refractivity contribution in [1.29, 1.82) is 0 Å². The number of phenols is 1. The number of methoxy groups -OCH3 is 1. The Balaban J connectivity index is 1.20. The smallest absolute Gasteiger partial charge is 0.354 e. The molecule has 13 heteroatoms. The van der Waals surface area contributed by atoms with Crippen LogP contribution < -0.4 is 0 Å². The molecule has 0 spiro atoms. The Kier molecular flexibility index (Phi) is 10.1. The van der Waals surface area contributed by atoms with Crippen LogP contribution >= 0.6 is 23.4 Å². The van der Waals surface area contributed by atoms with Gasteiger partial charge in [0.1, 0.15) is 17.3 Å². The molecule has 0 fully saturated rings. The van der Waals surface area contributed by atoms with Crippen LogP contribution in [-0.4, -0.2) is 66.0 Å². The molecule has 1 aliphatic heterocycles. The topological polar surface area (TPSA) is 111 Å². The molecule has 0 saturated heterocycles. The summed E-state index contributed by atoms with van der Waals surface area (Å²) in [6, 6.07) is 14.0. The van der Waals surface area contributed by atoms with E-state index in [0.29, 0.717) is 46.6 Å². The standard InChI is InChI=1S/C39H42ClFN6O4S/c1-22-34(35-31(40)13-12-30-29(8-7-15-48)37(39(50)51-5)45(3)36(30)35)38-32(9-6-14-47(38)42-22)44(2)20-25-18-26(46(4)43-25)21-52-27-17-23-16-24(41)10-11-28(23)33(49)19-27/h10-13,16-19,32,48-49H,6-9,14-15,20-21H2,1-5H3/t32-/m1/s1. The molecule has 0 radical (unpaired) electrons. The number of halogens is 2. The third-order valence-corrected chi connectivity index (χ3v) is 11.5. The van der Waals surface area contributed by atoms with Crippen molar-refractivity contribution in [1.82, 2.24) is 29.0 Å². The minimum absolute atomic E-state index is 0.00933. The minimum atomic E-state index is -0.431. The van der Waals surface area contributed by atoms with E-state index in [1.54, 1.807) is 23.9 Å². The number of benzene rings is 3. The molecule has 4 heterocycles. The predicted octanol–water partition coefficient (Wildman–Crippen LogP) is 7.71.